The molecule has 0 amide bonds. The molecule has 0 fully saturated rings. The van der Waals surface area contributed by atoms with E-state index in [9.17, 15) is 0 Å². The van der Waals surface area contributed by atoms with E-state index in [1.807, 2.05) is 37.3 Å². The van der Waals surface area contributed by atoms with Crippen molar-refractivity contribution >= 4 is 11.8 Å². The predicted molar refractivity (Wildman–Crippen MR) is 87.5 cm³/mol. The Hall–Kier alpha value is -2.34. The topological polar surface area (TPSA) is 68.3 Å². The van der Waals surface area contributed by atoms with Gasteiger partial charge in [0.05, 0.1) is 13.7 Å². The Kier molecular flexibility index (Phi) is 5.97. The summed E-state index contributed by atoms with van der Waals surface area (Å²) in [6.45, 7) is 3.86. The standard InChI is InChI=1S/C16H22N4O2/c1-12-10-15(20-16(19-12)17-8-9-21-2)18-11-13-6-4-5-7-14(13)22-3/h4-7,10H,8-9,11H2,1-3H3,(H2,17,18,19,20). The SMILES string of the molecule is COCCNc1nc(C)cc(NCc2ccccc2OC)n1. The molecular weight excluding hydrogens is 280 g/mol. The van der Waals surface area contributed by atoms with Gasteiger partial charge in [0.2, 0.25) is 5.95 Å². The van der Waals surface area contributed by atoms with Gasteiger partial charge in [0, 0.05) is 37.5 Å². The monoisotopic (exact) mass is 302 g/mol. The number of hydrogen-bond donors (Lipinski definition) is 2. The number of benzene rings is 1. The molecule has 0 saturated heterocycles. The van der Waals surface area contributed by atoms with Crippen LogP contribution in [-0.4, -0.2) is 37.3 Å². The third-order valence-electron chi connectivity index (χ3n) is 3.10. The summed E-state index contributed by atoms with van der Waals surface area (Å²) in [5, 5.41) is 6.44. The number of aromatic nitrogens is 2. The van der Waals surface area contributed by atoms with Gasteiger partial charge in [0.25, 0.3) is 0 Å². The number of nitrogens with zero attached hydrogens (tertiary/aromatic N) is 2. The van der Waals surface area contributed by atoms with Gasteiger partial charge in [-0.2, -0.15) is 4.98 Å². The smallest absolute Gasteiger partial charge is 0.224 e. The van der Waals surface area contributed by atoms with E-state index in [4.69, 9.17) is 9.47 Å². The van der Waals surface area contributed by atoms with Crippen molar-refractivity contribution in [3.63, 3.8) is 0 Å². The molecule has 0 radical (unpaired) electrons. The van der Waals surface area contributed by atoms with E-state index in [0.717, 1.165) is 22.8 Å². The molecule has 2 N–H and O–H groups in total. The molecule has 6 nitrogen and oxygen atoms in total. The molecule has 2 rings (SSSR count). The Bertz CT molecular complexity index is 604. The maximum absolute atomic E-state index is 5.35. The summed E-state index contributed by atoms with van der Waals surface area (Å²) >= 11 is 0. The lowest BCUT2D eigenvalue weighted by Crippen LogP contribution is -2.12. The summed E-state index contributed by atoms with van der Waals surface area (Å²) in [5.41, 5.74) is 1.98. The molecule has 1 heterocycles. The molecule has 0 saturated carbocycles. The van der Waals surface area contributed by atoms with Gasteiger partial charge in [-0.15, -0.1) is 0 Å². The van der Waals surface area contributed by atoms with Crippen molar-refractivity contribution < 1.29 is 9.47 Å². The third-order valence-corrected chi connectivity index (χ3v) is 3.10. The fraction of sp³-hybridized carbons (Fsp3) is 0.375. The van der Waals surface area contributed by atoms with Crippen LogP contribution in [0.5, 0.6) is 5.75 Å². The molecule has 0 aliphatic rings. The van der Waals surface area contributed by atoms with E-state index in [-0.39, 0.29) is 0 Å². The van der Waals surface area contributed by atoms with Gasteiger partial charge in [-0.3, -0.25) is 0 Å². The highest BCUT2D eigenvalue weighted by Crippen LogP contribution is 2.19. The van der Waals surface area contributed by atoms with Crippen molar-refractivity contribution in [2.75, 3.05) is 38.0 Å². The zero-order chi connectivity index (χ0) is 15.8. The van der Waals surface area contributed by atoms with Gasteiger partial charge in [-0.05, 0) is 13.0 Å². The quantitative estimate of drug-likeness (QED) is 0.730. The van der Waals surface area contributed by atoms with Crippen LogP contribution in [-0.2, 0) is 11.3 Å². The van der Waals surface area contributed by atoms with Gasteiger partial charge in [0.1, 0.15) is 11.6 Å². The second kappa shape index (κ2) is 8.19. The number of aryl methyl sites for hydroxylation is 1. The van der Waals surface area contributed by atoms with E-state index in [2.05, 4.69) is 20.6 Å². The van der Waals surface area contributed by atoms with Crippen molar-refractivity contribution in [1.82, 2.24) is 9.97 Å². The number of para-hydroxylation sites is 1. The average Bonchev–Trinajstić information content (AvgIpc) is 2.53. The Labute approximate surface area is 130 Å². The predicted octanol–water partition coefficient (Wildman–Crippen LogP) is 2.46. The van der Waals surface area contributed by atoms with Crippen molar-refractivity contribution in [2.24, 2.45) is 0 Å². The molecule has 1 aromatic heterocycles. The molecule has 0 aliphatic heterocycles. The van der Waals surface area contributed by atoms with Crippen molar-refractivity contribution in [2.45, 2.75) is 13.5 Å². The molecule has 0 spiro atoms. The van der Waals surface area contributed by atoms with Crippen LogP contribution in [0.2, 0.25) is 0 Å². The van der Waals surface area contributed by atoms with E-state index >= 15 is 0 Å². The van der Waals surface area contributed by atoms with E-state index in [1.54, 1.807) is 14.2 Å². The van der Waals surface area contributed by atoms with Gasteiger partial charge in [0.15, 0.2) is 0 Å². The van der Waals surface area contributed by atoms with Crippen molar-refractivity contribution in [3.05, 3.63) is 41.6 Å². The lowest BCUT2D eigenvalue weighted by molar-refractivity contribution is 0.210. The zero-order valence-corrected chi connectivity index (χ0v) is 13.2. The van der Waals surface area contributed by atoms with Gasteiger partial charge in [-0.1, -0.05) is 18.2 Å². The molecule has 0 atom stereocenters. The maximum Gasteiger partial charge on any atom is 0.224 e. The van der Waals surface area contributed by atoms with Crippen LogP contribution in [0.25, 0.3) is 0 Å². The summed E-state index contributed by atoms with van der Waals surface area (Å²) in [5.74, 6) is 2.23. The summed E-state index contributed by atoms with van der Waals surface area (Å²) in [6.07, 6.45) is 0. The first-order valence-electron chi connectivity index (χ1n) is 7.17. The number of hydrogen-bond acceptors (Lipinski definition) is 6. The first-order valence-corrected chi connectivity index (χ1v) is 7.17. The number of nitrogens with one attached hydrogen (secondary N) is 2. The van der Waals surface area contributed by atoms with E-state index in [0.29, 0.717) is 25.6 Å². The summed E-state index contributed by atoms with van der Waals surface area (Å²) in [6, 6.07) is 9.83. The Morgan fingerprint density at radius 3 is 2.68 bits per heavy atom. The van der Waals surface area contributed by atoms with Crippen LogP contribution >= 0.6 is 0 Å². The normalized spacial score (nSPS) is 10.3. The van der Waals surface area contributed by atoms with Crippen LogP contribution in [0.1, 0.15) is 11.3 Å². The minimum absolute atomic E-state index is 0.597. The Balaban J connectivity index is 2.03. The highest BCUT2D eigenvalue weighted by molar-refractivity contribution is 5.44. The van der Waals surface area contributed by atoms with Crippen LogP contribution in [0.4, 0.5) is 11.8 Å². The number of rotatable bonds is 8. The molecule has 118 valence electrons. The highest BCUT2D eigenvalue weighted by atomic mass is 16.5. The molecule has 2 aromatic rings. The second-order valence-corrected chi connectivity index (χ2v) is 4.80. The summed E-state index contributed by atoms with van der Waals surface area (Å²) in [7, 11) is 3.34. The van der Waals surface area contributed by atoms with Gasteiger partial charge in [-0.25, -0.2) is 4.98 Å². The molecule has 0 unspecified atom stereocenters. The number of anilines is 2. The molecule has 0 bridgehead atoms. The minimum atomic E-state index is 0.597. The van der Waals surface area contributed by atoms with Crippen molar-refractivity contribution in [3.8, 4) is 5.75 Å². The largest absolute Gasteiger partial charge is 0.496 e. The fourth-order valence-corrected chi connectivity index (χ4v) is 2.04. The fourth-order valence-electron chi connectivity index (χ4n) is 2.04. The third kappa shape index (κ3) is 4.60. The maximum atomic E-state index is 5.35. The zero-order valence-electron chi connectivity index (χ0n) is 13.2. The Morgan fingerprint density at radius 1 is 1.09 bits per heavy atom. The van der Waals surface area contributed by atoms with E-state index in [1.165, 1.54) is 0 Å². The molecule has 1 aromatic carbocycles. The number of ether oxygens (including phenoxy) is 2. The molecular formula is C16H22N4O2. The Morgan fingerprint density at radius 2 is 1.91 bits per heavy atom. The first-order chi connectivity index (χ1) is 10.7. The lowest BCUT2D eigenvalue weighted by atomic mass is 10.2. The second-order valence-electron chi connectivity index (χ2n) is 4.80. The molecule has 6 heteroatoms. The summed E-state index contributed by atoms with van der Waals surface area (Å²) in [4.78, 5) is 8.80. The minimum Gasteiger partial charge on any atom is -0.496 e. The van der Waals surface area contributed by atoms with Crippen molar-refractivity contribution in [1.29, 1.82) is 0 Å². The highest BCUT2D eigenvalue weighted by Gasteiger charge is 2.04. The first kappa shape index (κ1) is 16.0. The lowest BCUT2D eigenvalue weighted by Gasteiger charge is -2.11. The molecule has 0 aliphatic carbocycles. The average molecular weight is 302 g/mol. The summed E-state index contributed by atoms with van der Waals surface area (Å²) < 4.78 is 10.4. The van der Waals surface area contributed by atoms with Gasteiger partial charge >= 0.3 is 0 Å². The van der Waals surface area contributed by atoms with Crippen LogP contribution in [0, 0.1) is 6.92 Å². The number of methoxy groups -OCH3 is 2. The van der Waals surface area contributed by atoms with Gasteiger partial charge < -0.3 is 20.1 Å². The van der Waals surface area contributed by atoms with Crippen LogP contribution < -0.4 is 15.4 Å². The van der Waals surface area contributed by atoms with Crippen LogP contribution in [0.15, 0.2) is 30.3 Å². The molecule has 22 heavy (non-hydrogen) atoms. The van der Waals surface area contributed by atoms with Crippen LogP contribution in [0.3, 0.4) is 0 Å². The van der Waals surface area contributed by atoms with E-state index < -0.39 is 0 Å².